The van der Waals surface area contributed by atoms with Crippen molar-refractivity contribution in [1.29, 1.82) is 0 Å². The summed E-state index contributed by atoms with van der Waals surface area (Å²) in [6, 6.07) is 8.23. The summed E-state index contributed by atoms with van der Waals surface area (Å²) in [4.78, 5) is 11.8. The van der Waals surface area contributed by atoms with Crippen molar-refractivity contribution < 1.29 is 4.79 Å². The summed E-state index contributed by atoms with van der Waals surface area (Å²) in [5, 5.41) is 2.98. The molecule has 1 saturated carbocycles. The third-order valence-corrected chi connectivity index (χ3v) is 4.07. The van der Waals surface area contributed by atoms with E-state index in [9.17, 15) is 4.79 Å². The van der Waals surface area contributed by atoms with Crippen LogP contribution in [-0.2, 0) is 11.3 Å². The Morgan fingerprint density at radius 2 is 2.24 bits per heavy atom. The Morgan fingerprint density at radius 1 is 1.47 bits per heavy atom. The maximum Gasteiger partial charge on any atom is 0.220 e. The predicted molar refractivity (Wildman–Crippen MR) is 73.2 cm³/mol. The molecular weight excluding hydrogens is 230 g/mol. The zero-order valence-electron chi connectivity index (χ0n) is 10.2. The van der Waals surface area contributed by atoms with Crippen LogP contribution in [0.5, 0.6) is 0 Å². The average Bonchev–Trinajstić information content (AvgIpc) is 3.07. The van der Waals surface area contributed by atoms with Crippen LogP contribution in [-0.4, -0.2) is 11.7 Å². The second-order valence-corrected chi connectivity index (χ2v) is 5.42. The molecule has 3 heteroatoms. The molecule has 1 aliphatic rings. The van der Waals surface area contributed by atoms with Gasteiger partial charge < -0.3 is 5.32 Å². The van der Waals surface area contributed by atoms with Gasteiger partial charge in [-0.15, -0.1) is 0 Å². The van der Waals surface area contributed by atoms with E-state index in [1.807, 2.05) is 12.1 Å². The summed E-state index contributed by atoms with van der Waals surface area (Å²) >= 11 is 4.31. The number of carbonyl (C=O) groups is 1. The van der Waals surface area contributed by atoms with Gasteiger partial charge in [0.05, 0.1) is 0 Å². The molecule has 0 bridgehead atoms. The van der Waals surface area contributed by atoms with Crippen LogP contribution in [0.15, 0.2) is 24.3 Å². The minimum atomic E-state index is 0.151. The highest BCUT2D eigenvalue weighted by Crippen LogP contribution is 2.49. The molecule has 1 fully saturated rings. The molecule has 1 N–H and O–H groups in total. The minimum absolute atomic E-state index is 0.151. The summed E-state index contributed by atoms with van der Waals surface area (Å²) in [7, 11) is 0. The number of hydrogen-bond acceptors (Lipinski definition) is 2. The molecule has 1 amide bonds. The summed E-state index contributed by atoms with van der Waals surface area (Å²) in [6.07, 6.45) is 2.92. The Morgan fingerprint density at radius 3 is 2.82 bits per heavy atom. The van der Waals surface area contributed by atoms with Gasteiger partial charge in [-0.25, -0.2) is 0 Å². The largest absolute Gasteiger partial charge is 0.352 e. The fraction of sp³-hybridized carbons (Fsp3) is 0.500. The van der Waals surface area contributed by atoms with E-state index in [1.54, 1.807) is 0 Å². The summed E-state index contributed by atoms with van der Waals surface area (Å²) in [6.45, 7) is 2.69. The second kappa shape index (κ2) is 5.13. The minimum Gasteiger partial charge on any atom is -0.352 e. The number of benzene rings is 1. The van der Waals surface area contributed by atoms with E-state index < -0.39 is 0 Å². The van der Waals surface area contributed by atoms with E-state index in [4.69, 9.17) is 0 Å². The summed E-state index contributed by atoms with van der Waals surface area (Å²) < 4.78 is 0. The van der Waals surface area contributed by atoms with E-state index >= 15 is 0 Å². The number of rotatable bonds is 5. The molecule has 2 rings (SSSR count). The van der Waals surface area contributed by atoms with Crippen molar-refractivity contribution >= 4 is 18.5 Å². The first-order valence-electron chi connectivity index (χ1n) is 6.07. The molecule has 1 aromatic rings. The Bertz CT molecular complexity index is 412. The number of thiol groups is 1. The Hall–Kier alpha value is -0.960. The normalized spacial score (nSPS) is 16.6. The van der Waals surface area contributed by atoms with Gasteiger partial charge in [-0.3, -0.25) is 4.79 Å². The number of nitrogens with one attached hydrogen (secondary N) is 1. The molecule has 92 valence electrons. The zero-order chi connectivity index (χ0) is 12.3. The third-order valence-electron chi connectivity index (χ3n) is 3.40. The molecule has 2 nitrogen and oxygen atoms in total. The van der Waals surface area contributed by atoms with Crippen LogP contribution in [0.4, 0.5) is 0 Å². The highest BCUT2D eigenvalue weighted by molar-refractivity contribution is 7.80. The van der Waals surface area contributed by atoms with Crippen molar-refractivity contribution in [1.82, 2.24) is 5.32 Å². The first-order chi connectivity index (χ1) is 8.13. The van der Waals surface area contributed by atoms with Gasteiger partial charge in [0, 0.05) is 13.0 Å². The number of amides is 1. The number of carbonyl (C=O) groups excluding carboxylic acids is 1. The van der Waals surface area contributed by atoms with Crippen LogP contribution < -0.4 is 5.32 Å². The lowest BCUT2D eigenvalue weighted by Crippen LogP contribution is -2.26. The monoisotopic (exact) mass is 249 g/mol. The molecule has 0 aromatic heterocycles. The van der Waals surface area contributed by atoms with Gasteiger partial charge in [-0.2, -0.15) is 12.6 Å². The van der Waals surface area contributed by atoms with Gasteiger partial charge in [-0.1, -0.05) is 29.8 Å². The summed E-state index contributed by atoms with van der Waals surface area (Å²) in [5.74, 6) is 0.975. The zero-order valence-corrected chi connectivity index (χ0v) is 11.1. The second-order valence-electron chi connectivity index (χ2n) is 5.10. The van der Waals surface area contributed by atoms with Crippen LogP contribution in [0, 0.1) is 12.3 Å². The fourth-order valence-corrected chi connectivity index (χ4v) is 2.42. The lowest BCUT2D eigenvalue weighted by atomic mass is 10.0. The third kappa shape index (κ3) is 3.50. The van der Waals surface area contributed by atoms with E-state index in [0.717, 1.165) is 24.2 Å². The van der Waals surface area contributed by atoms with E-state index in [0.29, 0.717) is 13.0 Å². The molecular formula is C14H19NOS. The van der Waals surface area contributed by atoms with E-state index in [1.165, 1.54) is 5.56 Å². The van der Waals surface area contributed by atoms with Crippen LogP contribution in [0.25, 0.3) is 0 Å². The molecule has 0 radical (unpaired) electrons. The standard InChI is InChI=1S/C14H19NOS/c1-11-3-2-4-12(7-11)9-15-13(16)8-14(10-17)5-6-14/h2-4,7,17H,5-6,8-10H2,1H3,(H,15,16). The molecule has 0 unspecified atom stereocenters. The molecule has 1 aromatic carbocycles. The lowest BCUT2D eigenvalue weighted by Gasteiger charge is -2.11. The maximum absolute atomic E-state index is 11.8. The smallest absolute Gasteiger partial charge is 0.220 e. The van der Waals surface area contributed by atoms with Crippen molar-refractivity contribution in [3.05, 3.63) is 35.4 Å². The van der Waals surface area contributed by atoms with Crippen LogP contribution in [0.3, 0.4) is 0 Å². The van der Waals surface area contributed by atoms with Crippen molar-refractivity contribution in [3.63, 3.8) is 0 Å². The first-order valence-corrected chi connectivity index (χ1v) is 6.70. The molecule has 0 atom stereocenters. The Balaban J connectivity index is 1.80. The van der Waals surface area contributed by atoms with Crippen molar-refractivity contribution in [2.45, 2.75) is 32.7 Å². The summed E-state index contributed by atoms with van der Waals surface area (Å²) in [5.41, 5.74) is 2.60. The Kier molecular flexibility index (Phi) is 3.77. The van der Waals surface area contributed by atoms with Gasteiger partial charge >= 0.3 is 0 Å². The van der Waals surface area contributed by atoms with Crippen molar-refractivity contribution in [3.8, 4) is 0 Å². The van der Waals surface area contributed by atoms with E-state index in [2.05, 4.69) is 37.0 Å². The van der Waals surface area contributed by atoms with Crippen molar-refractivity contribution in [2.24, 2.45) is 5.41 Å². The average molecular weight is 249 g/mol. The molecule has 17 heavy (non-hydrogen) atoms. The SMILES string of the molecule is Cc1cccc(CNC(=O)CC2(CS)CC2)c1. The van der Waals surface area contributed by atoms with Gasteiger partial charge in [0.1, 0.15) is 0 Å². The Labute approximate surface area is 108 Å². The highest BCUT2D eigenvalue weighted by atomic mass is 32.1. The maximum atomic E-state index is 11.8. The van der Waals surface area contributed by atoms with Crippen LogP contribution >= 0.6 is 12.6 Å². The van der Waals surface area contributed by atoms with Gasteiger partial charge in [0.2, 0.25) is 5.91 Å². The van der Waals surface area contributed by atoms with Gasteiger partial charge in [0.15, 0.2) is 0 Å². The molecule has 0 spiro atoms. The highest BCUT2D eigenvalue weighted by Gasteiger charge is 2.42. The van der Waals surface area contributed by atoms with Crippen LogP contribution in [0.1, 0.15) is 30.4 Å². The van der Waals surface area contributed by atoms with Crippen molar-refractivity contribution in [2.75, 3.05) is 5.75 Å². The lowest BCUT2D eigenvalue weighted by molar-refractivity contribution is -0.122. The predicted octanol–water partition coefficient (Wildman–Crippen LogP) is 2.71. The number of aryl methyl sites for hydroxylation is 1. The molecule has 1 aliphatic carbocycles. The number of hydrogen-bond donors (Lipinski definition) is 2. The van der Waals surface area contributed by atoms with Crippen LogP contribution in [0.2, 0.25) is 0 Å². The van der Waals surface area contributed by atoms with Gasteiger partial charge in [0.25, 0.3) is 0 Å². The molecule has 0 heterocycles. The fourth-order valence-electron chi connectivity index (χ4n) is 1.99. The van der Waals surface area contributed by atoms with E-state index in [-0.39, 0.29) is 11.3 Å². The topological polar surface area (TPSA) is 29.1 Å². The molecule has 0 saturated heterocycles. The van der Waals surface area contributed by atoms with Gasteiger partial charge in [-0.05, 0) is 36.5 Å². The molecule has 0 aliphatic heterocycles. The first kappa shape index (κ1) is 12.5. The quantitative estimate of drug-likeness (QED) is 0.772.